The van der Waals surface area contributed by atoms with E-state index in [1.807, 2.05) is 13.0 Å². The van der Waals surface area contributed by atoms with Crippen molar-refractivity contribution >= 4 is 6.72 Å². The van der Waals surface area contributed by atoms with Gasteiger partial charge in [-0.25, -0.2) is 0 Å². The highest BCUT2D eigenvalue weighted by molar-refractivity contribution is 5.28. The third-order valence-electron chi connectivity index (χ3n) is 1.00. The first kappa shape index (κ1) is 8.37. The van der Waals surface area contributed by atoms with Gasteiger partial charge in [0.15, 0.2) is 0 Å². The van der Waals surface area contributed by atoms with E-state index in [1.54, 1.807) is 6.92 Å². The van der Waals surface area contributed by atoms with E-state index in [2.05, 4.69) is 11.7 Å². The van der Waals surface area contributed by atoms with Crippen LogP contribution in [0.2, 0.25) is 0 Å². The normalized spacial score (nSPS) is 15.2. The molecular formula is C7H13NO. The summed E-state index contributed by atoms with van der Waals surface area (Å²) in [5, 5.41) is 8.79. The van der Waals surface area contributed by atoms with Crippen molar-refractivity contribution in [3.63, 3.8) is 0 Å². The lowest BCUT2D eigenvalue weighted by atomic mass is 10.2. The average Bonchev–Trinajstić information content (AvgIpc) is 1.83. The molecule has 1 atom stereocenters. The Bertz CT molecular complexity index is 116. The lowest BCUT2D eigenvalue weighted by Gasteiger charge is -1.96. The summed E-state index contributed by atoms with van der Waals surface area (Å²) in [7, 11) is 0. The molecule has 0 fully saturated rings. The van der Waals surface area contributed by atoms with Crippen LogP contribution in [0.15, 0.2) is 16.8 Å². The quantitative estimate of drug-likeness (QED) is 0.570. The average molecular weight is 127 g/mol. The molecule has 52 valence electrons. The van der Waals surface area contributed by atoms with Crippen LogP contribution in [-0.4, -0.2) is 17.9 Å². The number of allylic oxidation sites excluding steroid dienone is 1. The lowest BCUT2D eigenvalue weighted by Crippen LogP contribution is -1.95. The molecule has 0 aromatic rings. The summed E-state index contributed by atoms with van der Waals surface area (Å²) < 4.78 is 0. The minimum Gasteiger partial charge on any atom is -0.393 e. The lowest BCUT2D eigenvalue weighted by molar-refractivity contribution is 0.198. The topological polar surface area (TPSA) is 32.6 Å². The molecule has 0 radical (unpaired) electrons. The first-order valence-electron chi connectivity index (χ1n) is 2.98. The van der Waals surface area contributed by atoms with Crippen molar-refractivity contribution in [1.29, 1.82) is 0 Å². The number of nitrogens with zero attached hydrogens (tertiary/aromatic N) is 1. The van der Waals surface area contributed by atoms with Crippen LogP contribution in [0.5, 0.6) is 0 Å². The third-order valence-corrected chi connectivity index (χ3v) is 1.00. The van der Waals surface area contributed by atoms with Crippen LogP contribution in [0.25, 0.3) is 0 Å². The van der Waals surface area contributed by atoms with Gasteiger partial charge in [0.25, 0.3) is 0 Å². The fourth-order valence-electron chi connectivity index (χ4n) is 0.406. The fraction of sp³-hybridized carbons (Fsp3) is 0.571. The van der Waals surface area contributed by atoms with E-state index in [0.29, 0.717) is 6.42 Å². The van der Waals surface area contributed by atoms with Crippen LogP contribution in [0.1, 0.15) is 20.3 Å². The van der Waals surface area contributed by atoms with E-state index in [1.165, 1.54) is 0 Å². The zero-order valence-electron chi connectivity index (χ0n) is 5.96. The van der Waals surface area contributed by atoms with Gasteiger partial charge in [-0.05, 0) is 27.0 Å². The number of aliphatic hydroxyl groups excluding tert-OH is 1. The minimum absolute atomic E-state index is 0.276. The van der Waals surface area contributed by atoms with Crippen molar-refractivity contribution < 1.29 is 5.11 Å². The second-order valence-electron chi connectivity index (χ2n) is 2.09. The Morgan fingerprint density at radius 3 is 2.78 bits per heavy atom. The highest BCUT2D eigenvalue weighted by Gasteiger charge is 1.89. The second kappa shape index (κ2) is 4.27. The van der Waals surface area contributed by atoms with Crippen molar-refractivity contribution in [2.45, 2.75) is 26.4 Å². The van der Waals surface area contributed by atoms with Gasteiger partial charge in [-0.2, -0.15) is 0 Å². The number of hydrogen-bond donors (Lipinski definition) is 1. The molecule has 0 aliphatic heterocycles. The van der Waals surface area contributed by atoms with Crippen molar-refractivity contribution in [1.82, 2.24) is 0 Å². The van der Waals surface area contributed by atoms with E-state index in [0.717, 1.165) is 5.70 Å². The van der Waals surface area contributed by atoms with Crippen LogP contribution >= 0.6 is 0 Å². The molecule has 0 aromatic carbocycles. The van der Waals surface area contributed by atoms with Crippen molar-refractivity contribution in [3.8, 4) is 0 Å². The maximum Gasteiger partial charge on any atom is 0.0547 e. The van der Waals surface area contributed by atoms with E-state index in [-0.39, 0.29) is 6.10 Å². The van der Waals surface area contributed by atoms with Gasteiger partial charge in [0.2, 0.25) is 0 Å². The molecule has 1 N–H and O–H groups in total. The van der Waals surface area contributed by atoms with Gasteiger partial charge in [0.05, 0.1) is 6.10 Å². The summed E-state index contributed by atoms with van der Waals surface area (Å²) in [5.41, 5.74) is 0.871. The van der Waals surface area contributed by atoms with Crippen LogP contribution in [-0.2, 0) is 0 Å². The summed E-state index contributed by atoms with van der Waals surface area (Å²) in [5.74, 6) is 0. The molecule has 0 aliphatic carbocycles. The van der Waals surface area contributed by atoms with E-state index in [9.17, 15) is 0 Å². The van der Waals surface area contributed by atoms with Gasteiger partial charge in [0.1, 0.15) is 0 Å². The molecule has 1 unspecified atom stereocenters. The van der Waals surface area contributed by atoms with Crippen molar-refractivity contribution in [2.75, 3.05) is 0 Å². The molecule has 0 heterocycles. The van der Waals surface area contributed by atoms with Gasteiger partial charge in [0, 0.05) is 5.70 Å². The Balaban J connectivity index is 3.56. The summed E-state index contributed by atoms with van der Waals surface area (Å²) in [6, 6.07) is 0. The Hall–Kier alpha value is -0.630. The maximum absolute atomic E-state index is 8.79. The molecule has 0 rings (SSSR count). The molecule has 2 heteroatoms. The molecule has 0 aliphatic rings. The van der Waals surface area contributed by atoms with Gasteiger partial charge >= 0.3 is 0 Å². The predicted molar refractivity (Wildman–Crippen MR) is 39.6 cm³/mol. The Morgan fingerprint density at radius 1 is 1.89 bits per heavy atom. The summed E-state index contributed by atoms with van der Waals surface area (Å²) in [6.07, 6.45) is 2.24. The molecule has 0 spiro atoms. The summed E-state index contributed by atoms with van der Waals surface area (Å²) in [6.45, 7) is 6.94. The minimum atomic E-state index is -0.276. The monoisotopic (exact) mass is 127 g/mol. The number of aliphatic imine (C=N–C) groups is 1. The maximum atomic E-state index is 8.79. The number of rotatable bonds is 3. The molecular weight excluding hydrogens is 114 g/mol. The summed E-state index contributed by atoms with van der Waals surface area (Å²) >= 11 is 0. The fourth-order valence-corrected chi connectivity index (χ4v) is 0.406. The third kappa shape index (κ3) is 5.24. The van der Waals surface area contributed by atoms with E-state index in [4.69, 9.17) is 5.11 Å². The highest BCUT2D eigenvalue weighted by Crippen LogP contribution is 1.97. The van der Waals surface area contributed by atoms with Gasteiger partial charge in [-0.1, -0.05) is 6.08 Å². The second-order valence-corrected chi connectivity index (χ2v) is 2.09. The number of aliphatic hydroxyl groups is 1. The molecule has 0 saturated carbocycles. The zero-order valence-corrected chi connectivity index (χ0v) is 5.96. The molecule has 0 saturated heterocycles. The first-order chi connectivity index (χ1) is 4.16. The molecule has 0 bridgehead atoms. The van der Waals surface area contributed by atoms with E-state index < -0.39 is 0 Å². The smallest absolute Gasteiger partial charge is 0.0547 e. The van der Waals surface area contributed by atoms with E-state index >= 15 is 0 Å². The SMILES string of the molecule is C=N/C(C)=C\CC(C)O. The van der Waals surface area contributed by atoms with Crippen LogP contribution in [0, 0.1) is 0 Å². The van der Waals surface area contributed by atoms with Crippen LogP contribution in [0.4, 0.5) is 0 Å². The predicted octanol–water partition coefficient (Wildman–Crippen LogP) is 1.36. The largest absolute Gasteiger partial charge is 0.393 e. The zero-order chi connectivity index (χ0) is 7.28. The Labute approximate surface area is 55.9 Å². The van der Waals surface area contributed by atoms with Gasteiger partial charge in [-0.3, -0.25) is 4.99 Å². The van der Waals surface area contributed by atoms with Crippen LogP contribution in [0.3, 0.4) is 0 Å². The highest BCUT2D eigenvalue weighted by atomic mass is 16.3. The Kier molecular flexibility index (Phi) is 3.97. The van der Waals surface area contributed by atoms with Crippen molar-refractivity contribution in [3.05, 3.63) is 11.8 Å². The molecule has 9 heavy (non-hydrogen) atoms. The van der Waals surface area contributed by atoms with Crippen molar-refractivity contribution in [2.24, 2.45) is 4.99 Å². The van der Waals surface area contributed by atoms with Crippen LogP contribution < -0.4 is 0 Å². The summed E-state index contributed by atoms with van der Waals surface area (Å²) in [4.78, 5) is 3.66. The molecule has 0 amide bonds. The standard InChI is InChI=1S/C7H13NO/c1-6(8-3)4-5-7(2)9/h4,7,9H,3,5H2,1-2H3/b6-4-. The number of hydrogen-bond acceptors (Lipinski definition) is 2. The van der Waals surface area contributed by atoms with Gasteiger partial charge < -0.3 is 5.11 Å². The van der Waals surface area contributed by atoms with Gasteiger partial charge in [-0.15, -0.1) is 0 Å². The molecule has 2 nitrogen and oxygen atoms in total. The first-order valence-corrected chi connectivity index (χ1v) is 2.98. The molecule has 0 aromatic heterocycles. The Morgan fingerprint density at radius 2 is 2.44 bits per heavy atom.